The SMILES string of the molecule is [2H]OCc1csc(C)n1. The fourth-order valence-corrected chi connectivity index (χ4v) is 1.07. The van der Waals surface area contributed by atoms with Gasteiger partial charge < -0.3 is 5.11 Å². The molecule has 0 radical (unpaired) electrons. The Bertz CT molecular complexity index is 189. The van der Waals surface area contributed by atoms with Crippen molar-refractivity contribution in [1.82, 2.24) is 4.98 Å². The Morgan fingerprint density at radius 3 is 3.50 bits per heavy atom. The van der Waals surface area contributed by atoms with Gasteiger partial charge in [0.1, 0.15) is 0 Å². The van der Waals surface area contributed by atoms with Crippen LogP contribution >= 0.6 is 11.3 Å². The Hall–Kier alpha value is -0.410. The van der Waals surface area contributed by atoms with Crippen molar-refractivity contribution in [2.45, 2.75) is 13.5 Å². The molecule has 44 valence electrons. The Morgan fingerprint density at radius 1 is 2.12 bits per heavy atom. The van der Waals surface area contributed by atoms with E-state index >= 15 is 0 Å². The molecule has 3 heteroatoms. The number of hydrogen-bond donors (Lipinski definition) is 1. The van der Waals surface area contributed by atoms with E-state index in [-0.39, 0.29) is 0 Å². The molecule has 0 fully saturated rings. The number of aliphatic hydroxyl groups excluding tert-OH is 1. The second-order valence-corrected chi connectivity index (χ2v) is 2.56. The van der Waals surface area contributed by atoms with E-state index < -0.39 is 0 Å². The molecule has 1 rings (SSSR count). The first kappa shape index (κ1) is 4.47. The van der Waals surface area contributed by atoms with E-state index in [1.54, 1.807) is 11.3 Å². The van der Waals surface area contributed by atoms with Crippen LogP contribution in [0.4, 0.5) is 0 Å². The van der Waals surface area contributed by atoms with Gasteiger partial charge in [0.25, 0.3) is 0 Å². The predicted octanol–water partition coefficient (Wildman–Crippen LogP) is 0.944. The van der Waals surface area contributed by atoms with Gasteiger partial charge in [-0.2, -0.15) is 0 Å². The molecule has 0 aliphatic heterocycles. The molecule has 1 N–H and O–H groups in total. The molecule has 0 saturated heterocycles. The molecule has 1 aromatic rings. The Kier molecular flexibility index (Phi) is 1.25. The lowest BCUT2D eigenvalue weighted by Gasteiger charge is -1.79. The van der Waals surface area contributed by atoms with E-state index in [9.17, 15) is 0 Å². The minimum Gasteiger partial charge on any atom is -0.390 e. The van der Waals surface area contributed by atoms with E-state index in [1.165, 1.54) is 0 Å². The first-order chi connectivity index (χ1) is 4.33. The van der Waals surface area contributed by atoms with Crippen molar-refractivity contribution in [3.8, 4) is 0 Å². The van der Waals surface area contributed by atoms with Gasteiger partial charge in [-0.05, 0) is 6.92 Å². The molecule has 1 aromatic heterocycles. The monoisotopic (exact) mass is 130 g/mol. The van der Waals surface area contributed by atoms with Crippen LogP contribution < -0.4 is 0 Å². The first-order valence-electron chi connectivity index (χ1n) is 2.73. The number of rotatable bonds is 2. The highest BCUT2D eigenvalue weighted by atomic mass is 32.1. The largest absolute Gasteiger partial charge is 0.390 e. The third-order valence-electron chi connectivity index (χ3n) is 0.814. The quantitative estimate of drug-likeness (QED) is 0.646. The standard InChI is InChI=1S/C5H7NOS/c1-4-6-5(2-7)3-8-4/h3,7H,2H2,1H3/i7D. The molecule has 1 heterocycles. The second-order valence-electron chi connectivity index (χ2n) is 1.50. The fourth-order valence-electron chi connectivity index (χ4n) is 0.475. The highest BCUT2D eigenvalue weighted by molar-refractivity contribution is 7.09. The molecule has 0 aliphatic carbocycles. The molecule has 0 aliphatic rings. The Balaban J connectivity index is 2.61. The maximum absolute atomic E-state index is 6.41. The van der Waals surface area contributed by atoms with E-state index in [0.29, 0.717) is 6.61 Å². The molecule has 0 amide bonds. The number of aliphatic hydroxyl groups is 1. The normalized spacial score (nSPS) is 11.4. The van der Waals surface area contributed by atoms with Gasteiger partial charge in [0.15, 0.2) is 0 Å². The second kappa shape index (κ2) is 2.24. The van der Waals surface area contributed by atoms with Gasteiger partial charge in [0.05, 0.1) is 17.3 Å². The van der Waals surface area contributed by atoms with Gasteiger partial charge >= 0.3 is 0 Å². The fraction of sp³-hybridized carbons (Fsp3) is 0.400. The minimum atomic E-state index is 0.296. The van der Waals surface area contributed by atoms with Crippen molar-refractivity contribution in [3.63, 3.8) is 0 Å². The lowest BCUT2D eigenvalue weighted by atomic mass is 10.5. The molecule has 0 atom stereocenters. The third kappa shape index (κ3) is 1.05. The van der Waals surface area contributed by atoms with Gasteiger partial charge in [0, 0.05) is 5.38 Å². The minimum absolute atomic E-state index is 0.296. The summed E-state index contributed by atoms with van der Waals surface area (Å²) in [6, 6.07) is 0. The van der Waals surface area contributed by atoms with E-state index in [0.717, 1.165) is 10.7 Å². The Labute approximate surface area is 53.3 Å². The van der Waals surface area contributed by atoms with Crippen LogP contribution in [0, 0.1) is 6.92 Å². The summed E-state index contributed by atoms with van der Waals surface area (Å²) in [5, 5.41) is 7.04. The summed E-state index contributed by atoms with van der Waals surface area (Å²) >= 11 is 1.57. The van der Waals surface area contributed by atoms with Gasteiger partial charge in [-0.15, -0.1) is 11.3 Å². The van der Waals surface area contributed by atoms with Crippen LogP contribution in [0.15, 0.2) is 5.38 Å². The number of aryl methyl sites for hydroxylation is 1. The smallest absolute Gasteiger partial charge is 0.211 e. The van der Waals surface area contributed by atoms with Crippen LogP contribution in [0.3, 0.4) is 0 Å². The average molecular weight is 130 g/mol. The number of hydrogen-bond acceptors (Lipinski definition) is 3. The maximum Gasteiger partial charge on any atom is 0.211 e. The van der Waals surface area contributed by atoms with Crippen LogP contribution in [0.5, 0.6) is 0 Å². The van der Waals surface area contributed by atoms with Crippen molar-refractivity contribution in [3.05, 3.63) is 16.1 Å². The van der Waals surface area contributed by atoms with Crippen molar-refractivity contribution >= 4 is 11.3 Å². The van der Waals surface area contributed by atoms with Gasteiger partial charge in [-0.3, -0.25) is 0 Å². The number of thiazole rings is 1. The summed E-state index contributed by atoms with van der Waals surface area (Å²) < 4.78 is 6.41. The lowest BCUT2D eigenvalue weighted by molar-refractivity contribution is 0.277. The van der Waals surface area contributed by atoms with Gasteiger partial charge in [-0.25, -0.2) is 4.98 Å². The molecular weight excluding hydrogens is 122 g/mol. The summed E-state index contributed by atoms with van der Waals surface area (Å²) in [6.07, 6.45) is 0. The molecule has 0 unspecified atom stereocenters. The number of aromatic nitrogens is 1. The van der Waals surface area contributed by atoms with Crippen molar-refractivity contribution < 1.29 is 5.11 Å². The molecule has 0 spiro atoms. The van der Waals surface area contributed by atoms with Crippen LogP contribution in [0.25, 0.3) is 0 Å². The van der Waals surface area contributed by atoms with Gasteiger partial charge in [0.2, 0.25) is 1.43 Å². The van der Waals surface area contributed by atoms with Crippen LogP contribution in [-0.2, 0) is 6.61 Å². The summed E-state index contributed by atoms with van der Waals surface area (Å²) in [7, 11) is 0. The molecule has 8 heavy (non-hydrogen) atoms. The number of nitrogens with zero attached hydrogens (tertiary/aromatic N) is 1. The maximum atomic E-state index is 6.41. The molecule has 0 aromatic carbocycles. The van der Waals surface area contributed by atoms with Crippen molar-refractivity contribution in [2.75, 3.05) is 0 Å². The summed E-state index contributed by atoms with van der Waals surface area (Å²) in [5.41, 5.74) is 0.840. The lowest BCUT2D eigenvalue weighted by Crippen LogP contribution is -1.80. The van der Waals surface area contributed by atoms with Crippen LogP contribution in [0.2, 0.25) is 0 Å². The van der Waals surface area contributed by atoms with E-state index in [1.807, 2.05) is 12.3 Å². The van der Waals surface area contributed by atoms with E-state index in [2.05, 4.69) is 10.1 Å². The Morgan fingerprint density at radius 2 is 3.00 bits per heavy atom. The van der Waals surface area contributed by atoms with E-state index in [4.69, 9.17) is 1.43 Å². The van der Waals surface area contributed by atoms with Crippen molar-refractivity contribution in [2.24, 2.45) is 0 Å². The summed E-state index contributed by atoms with van der Waals surface area (Å²) in [4.78, 5) is 4.07. The molecule has 0 saturated carbocycles. The third-order valence-corrected chi connectivity index (χ3v) is 1.64. The highest BCUT2D eigenvalue weighted by Gasteiger charge is 1.92. The van der Waals surface area contributed by atoms with Crippen LogP contribution in [-0.4, -0.2) is 11.5 Å². The zero-order chi connectivity index (χ0) is 6.69. The summed E-state index contributed by atoms with van der Waals surface area (Å²) in [6.45, 7) is 2.22. The molecular formula is C5H7NOS. The summed E-state index contributed by atoms with van der Waals surface area (Å²) in [5.74, 6) is 0. The zero-order valence-corrected chi connectivity index (χ0v) is 5.36. The average Bonchev–Trinajstić information content (AvgIpc) is 2.17. The van der Waals surface area contributed by atoms with Gasteiger partial charge in [-0.1, -0.05) is 0 Å². The van der Waals surface area contributed by atoms with Crippen LogP contribution in [0.1, 0.15) is 10.7 Å². The predicted molar refractivity (Wildman–Crippen MR) is 32.8 cm³/mol. The topological polar surface area (TPSA) is 33.1 Å². The first-order valence-corrected chi connectivity index (χ1v) is 3.20. The molecule has 2 nitrogen and oxygen atoms in total. The molecule has 0 bridgehead atoms. The zero-order valence-electron chi connectivity index (χ0n) is 5.55. The van der Waals surface area contributed by atoms with Crippen molar-refractivity contribution in [1.29, 1.82) is 1.43 Å². The highest BCUT2D eigenvalue weighted by Crippen LogP contribution is 2.06.